The van der Waals surface area contributed by atoms with Crippen LogP contribution in [0.25, 0.3) is 0 Å². The quantitative estimate of drug-likeness (QED) is 0.537. The second-order valence-electron chi connectivity index (χ2n) is 4.80. The summed E-state index contributed by atoms with van der Waals surface area (Å²) in [4.78, 5) is 22.3. The molecule has 1 aliphatic carbocycles. The number of nitro groups is 1. The predicted octanol–water partition coefficient (Wildman–Crippen LogP) is 2.20. The van der Waals surface area contributed by atoms with Crippen molar-refractivity contribution in [2.75, 3.05) is 0 Å². The molecule has 2 rings (SSSR count). The highest BCUT2D eigenvalue weighted by atomic mass is 16.6. The summed E-state index contributed by atoms with van der Waals surface area (Å²) in [5, 5.41) is 10.8. The highest BCUT2D eigenvalue weighted by molar-refractivity contribution is 6.02. The lowest BCUT2D eigenvalue weighted by atomic mass is 9.70. The first kappa shape index (κ1) is 10.8. The third-order valence-corrected chi connectivity index (χ3v) is 3.18. The van der Waals surface area contributed by atoms with Gasteiger partial charge < -0.3 is 0 Å². The third kappa shape index (κ3) is 1.50. The van der Waals surface area contributed by atoms with E-state index in [1.54, 1.807) is 12.1 Å². The molecule has 0 aliphatic heterocycles. The lowest BCUT2D eigenvalue weighted by molar-refractivity contribution is -0.508. The lowest BCUT2D eigenvalue weighted by Gasteiger charge is -2.32. The first-order chi connectivity index (χ1) is 7.43. The van der Waals surface area contributed by atoms with Crippen LogP contribution in [0.4, 0.5) is 0 Å². The fourth-order valence-electron chi connectivity index (χ4n) is 2.32. The molecule has 0 heterocycles. The van der Waals surface area contributed by atoms with E-state index < -0.39 is 11.0 Å². The van der Waals surface area contributed by atoms with Crippen molar-refractivity contribution in [1.29, 1.82) is 0 Å². The molecule has 1 atom stereocenters. The van der Waals surface area contributed by atoms with Gasteiger partial charge >= 0.3 is 0 Å². The van der Waals surface area contributed by atoms with Crippen LogP contribution in [0.5, 0.6) is 0 Å². The summed E-state index contributed by atoms with van der Waals surface area (Å²) in [6, 6.07) is 6.07. The number of Topliss-reactive ketones (excluding diaryl/α,β-unsaturated/α-hetero) is 1. The molecule has 0 N–H and O–H groups in total. The number of ketones is 1. The maximum atomic E-state index is 11.9. The van der Waals surface area contributed by atoms with E-state index in [4.69, 9.17) is 0 Å². The van der Waals surface area contributed by atoms with Gasteiger partial charge in [-0.15, -0.1) is 0 Å². The highest BCUT2D eigenvalue weighted by Gasteiger charge is 2.44. The van der Waals surface area contributed by atoms with Gasteiger partial charge in [0.25, 0.3) is 6.04 Å². The zero-order valence-corrected chi connectivity index (χ0v) is 9.27. The molecule has 1 aromatic carbocycles. The summed E-state index contributed by atoms with van der Waals surface area (Å²) in [7, 11) is 0. The molecule has 0 bridgehead atoms. The van der Waals surface area contributed by atoms with Crippen LogP contribution in [-0.4, -0.2) is 16.7 Å². The van der Waals surface area contributed by atoms with Gasteiger partial charge in [-0.1, -0.05) is 38.1 Å². The molecule has 16 heavy (non-hydrogen) atoms. The number of carbonyl (C=O) groups excluding carboxylic acids is 1. The molecule has 0 saturated heterocycles. The van der Waals surface area contributed by atoms with E-state index in [0.29, 0.717) is 5.56 Å². The average molecular weight is 219 g/mol. The van der Waals surface area contributed by atoms with Gasteiger partial charge in [0.15, 0.2) is 0 Å². The van der Waals surface area contributed by atoms with Crippen molar-refractivity contribution in [1.82, 2.24) is 0 Å². The van der Waals surface area contributed by atoms with Crippen molar-refractivity contribution in [2.45, 2.75) is 31.7 Å². The minimum absolute atomic E-state index is 0.274. The van der Waals surface area contributed by atoms with E-state index in [1.807, 2.05) is 26.0 Å². The van der Waals surface area contributed by atoms with Crippen LogP contribution < -0.4 is 0 Å². The Hall–Kier alpha value is -1.71. The fourth-order valence-corrected chi connectivity index (χ4v) is 2.32. The topological polar surface area (TPSA) is 60.2 Å². The molecule has 0 amide bonds. The Morgan fingerprint density at radius 3 is 2.62 bits per heavy atom. The van der Waals surface area contributed by atoms with Crippen molar-refractivity contribution < 1.29 is 9.72 Å². The third-order valence-electron chi connectivity index (χ3n) is 3.18. The van der Waals surface area contributed by atoms with Crippen LogP contribution in [0.2, 0.25) is 0 Å². The summed E-state index contributed by atoms with van der Waals surface area (Å²) < 4.78 is 0. The van der Waals surface area contributed by atoms with E-state index in [2.05, 4.69) is 0 Å². The smallest absolute Gasteiger partial charge is 0.275 e. The van der Waals surface area contributed by atoms with Crippen LogP contribution in [0, 0.1) is 10.1 Å². The lowest BCUT2D eigenvalue weighted by Crippen LogP contribution is -2.42. The van der Waals surface area contributed by atoms with Crippen molar-refractivity contribution in [3.8, 4) is 0 Å². The number of hydrogen-bond acceptors (Lipinski definition) is 3. The molecule has 0 spiro atoms. The van der Waals surface area contributed by atoms with Gasteiger partial charge in [-0.2, -0.15) is 0 Å². The summed E-state index contributed by atoms with van der Waals surface area (Å²) in [6.07, 6.45) is 0.274. The number of hydrogen-bond donors (Lipinski definition) is 0. The van der Waals surface area contributed by atoms with E-state index in [9.17, 15) is 14.9 Å². The largest absolute Gasteiger partial charge is 0.286 e. The standard InChI is InChI=1S/C12H13NO3/c1-12(2)7-10(13(15)16)11(14)8-5-3-4-6-9(8)12/h3-6,10H,7H2,1-2H3. The van der Waals surface area contributed by atoms with Crippen LogP contribution >= 0.6 is 0 Å². The maximum absolute atomic E-state index is 11.9. The minimum atomic E-state index is -1.09. The van der Waals surface area contributed by atoms with Crippen LogP contribution in [0.3, 0.4) is 0 Å². The van der Waals surface area contributed by atoms with Gasteiger partial charge in [0.1, 0.15) is 0 Å². The van der Waals surface area contributed by atoms with Gasteiger partial charge in [0.2, 0.25) is 5.78 Å². The number of rotatable bonds is 1. The van der Waals surface area contributed by atoms with Crippen LogP contribution in [0.1, 0.15) is 36.2 Å². The van der Waals surface area contributed by atoms with Crippen molar-refractivity contribution in [3.05, 3.63) is 45.5 Å². The Kier molecular flexibility index (Phi) is 2.30. The number of benzene rings is 1. The Bertz CT molecular complexity index is 465. The molecule has 1 aromatic rings. The molecular weight excluding hydrogens is 206 g/mol. The summed E-state index contributed by atoms with van der Waals surface area (Å²) in [5.41, 5.74) is 1.10. The fraction of sp³-hybridized carbons (Fsp3) is 0.417. The molecule has 4 heteroatoms. The van der Waals surface area contributed by atoms with E-state index in [1.165, 1.54) is 0 Å². The highest BCUT2D eigenvalue weighted by Crippen LogP contribution is 2.37. The van der Waals surface area contributed by atoms with E-state index in [0.717, 1.165) is 5.56 Å². The maximum Gasteiger partial charge on any atom is 0.275 e. The van der Waals surface area contributed by atoms with E-state index >= 15 is 0 Å². The molecule has 0 radical (unpaired) electrons. The number of carbonyl (C=O) groups is 1. The number of fused-ring (bicyclic) bond motifs is 1. The monoisotopic (exact) mass is 219 g/mol. The normalized spacial score (nSPS) is 22.6. The molecule has 1 aliphatic rings. The summed E-state index contributed by atoms with van der Waals surface area (Å²) >= 11 is 0. The summed E-state index contributed by atoms with van der Waals surface area (Å²) in [5.74, 6) is -0.361. The van der Waals surface area contributed by atoms with Gasteiger partial charge in [0, 0.05) is 16.9 Å². The van der Waals surface area contributed by atoms with Crippen LogP contribution in [-0.2, 0) is 5.41 Å². The van der Waals surface area contributed by atoms with Crippen LogP contribution in [0.15, 0.2) is 24.3 Å². The SMILES string of the molecule is CC1(C)CC([N+](=O)[O-])C(=O)c2ccccc21. The Balaban J connectivity index is 2.58. The second kappa shape index (κ2) is 3.40. The Labute approximate surface area is 93.4 Å². The van der Waals surface area contributed by atoms with Crippen molar-refractivity contribution >= 4 is 5.78 Å². The average Bonchev–Trinajstić information content (AvgIpc) is 2.23. The van der Waals surface area contributed by atoms with E-state index in [-0.39, 0.29) is 17.6 Å². The Morgan fingerprint density at radius 2 is 2.00 bits per heavy atom. The zero-order valence-electron chi connectivity index (χ0n) is 9.27. The minimum Gasteiger partial charge on any atom is -0.286 e. The molecular formula is C12H13NO3. The molecule has 0 aromatic heterocycles. The second-order valence-corrected chi connectivity index (χ2v) is 4.80. The Morgan fingerprint density at radius 1 is 1.38 bits per heavy atom. The molecule has 0 fully saturated rings. The van der Waals surface area contributed by atoms with Gasteiger partial charge in [0.05, 0.1) is 0 Å². The first-order valence-corrected chi connectivity index (χ1v) is 5.21. The molecule has 0 saturated carbocycles. The molecule has 84 valence electrons. The predicted molar refractivity (Wildman–Crippen MR) is 59.2 cm³/mol. The number of nitrogens with zero attached hydrogens (tertiary/aromatic N) is 1. The molecule has 1 unspecified atom stereocenters. The zero-order chi connectivity index (χ0) is 11.9. The van der Waals surface area contributed by atoms with Crippen molar-refractivity contribution in [2.24, 2.45) is 0 Å². The van der Waals surface area contributed by atoms with Gasteiger partial charge in [-0.05, 0) is 11.0 Å². The summed E-state index contributed by atoms with van der Waals surface area (Å²) in [6.45, 7) is 3.88. The van der Waals surface area contributed by atoms with Gasteiger partial charge in [-0.3, -0.25) is 14.9 Å². The van der Waals surface area contributed by atoms with Gasteiger partial charge in [-0.25, -0.2) is 0 Å². The van der Waals surface area contributed by atoms with Crippen molar-refractivity contribution in [3.63, 3.8) is 0 Å². The first-order valence-electron chi connectivity index (χ1n) is 5.21. The molecule has 4 nitrogen and oxygen atoms in total.